The standard InChI is InChI=1S/C15H16N2OS/c1-11-5-7-14(8-6-11)19-12(2)15(18)17-13-4-3-9-16-10-13/h3-10,12H,1-2H3,(H,17,18)/t12-/m0/s1. The lowest BCUT2D eigenvalue weighted by Gasteiger charge is -2.11. The van der Waals surface area contributed by atoms with Crippen molar-refractivity contribution in [2.75, 3.05) is 5.32 Å². The minimum atomic E-state index is -0.150. The van der Waals surface area contributed by atoms with Crippen molar-refractivity contribution in [2.45, 2.75) is 24.0 Å². The van der Waals surface area contributed by atoms with Gasteiger partial charge in [-0.25, -0.2) is 0 Å². The monoisotopic (exact) mass is 272 g/mol. The van der Waals surface area contributed by atoms with Gasteiger partial charge in [0, 0.05) is 11.1 Å². The summed E-state index contributed by atoms with van der Waals surface area (Å²) in [7, 11) is 0. The molecule has 1 heterocycles. The summed E-state index contributed by atoms with van der Waals surface area (Å²) in [6.45, 7) is 3.95. The molecule has 1 amide bonds. The second kappa shape index (κ2) is 6.38. The Balaban J connectivity index is 1.94. The van der Waals surface area contributed by atoms with Crippen molar-refractivity contribution in [3.8, 4) is 0 Å². The van der Waals surface area contributed by atoms with Crippen LogP contribution in [-0.2, 0) is 4.79 Å². The van der Waals surface area contributed by atoms with E-state index in [2.05, 4.69) is 10.3 Å². The summed E-state index contributed by atoms with van der Waals surface area (Å²) in [6.07, 6.45) is 3.32. The Labute approximate surface area is 117 Å². The molecule has 0 aliphatic carbocycles. The molecule has 1 N–H and O–H groups in total. The van der Waals surface area contributed by atoms with E-state index < -0.39 is 0 Å². The minimum Gasteiger partial charge on any atom is -0.324 e. The molecule has 0 unspecified atom stereocenters. The van der Waals surface area contributed by atoms with Crippen LogP contribution in [0.5, 0.6) is 0 Å². The van der Waals surface area contributed by atoms with Crippen LogP contribution >= 0.6 is 11.8 Å². The van der Waals surface area contributed by atoms with Crippen molar-refractivity contribution in [1.29, 1.82) is 0 Å². The molecule has 1 atom stereocenters. The smallest absolute Gasteiger partial charge is 0.237 e. The van der Waals surface area contributed by atoms with Gasteiger partial charge in [0.25, 0.3) is 0 Å². The van der Waals surface area contributed by atoms with E-state index in [1.54, 1.807) is 30.2 Å². The lowest BCUT2D eigenvalue weighted by molar-refractivity contribution is -0.115. The Kier molecular flexibility index (Phi) is 4.58. The van der Waals surface area contributed by atoms with Gasteiger partial charge < -0.3 is 5.32 Å². The molecule has 1 aromatic carbocycles. The zero-order valence-corrected chi connectivity index (χ0v) is 11.8. The van der Waals surface area contributed by atoms with E-state index in [1.165, 1.54) is 5.56 Å². The highest BCUT2D eigenvalue weighted by Gasteiger charge is 2.14. The van der Waals surface area contributed by atoms with E-state index in [9.17, 15) is 4.79 Å². The predicted octanol–water partition coefficient (Wildman–Crippen LogP) is 3.51. The van der Waals surface area contributed by atoms with Crippen molar-refractivity contribution < 1.29 is 4.79 Å². The summed E-state index contributed by atoms with van der Waals surface area (Å²) in [5.74, 6) is -0.0152. The van der Waals surface area contributed by atoms with Crippen molar-refractivity contribution in [2.24, 2.45) is 0 Å². The number of aromatic nitrogens is 1. The second-order valence-electron chi connectivity index (χ2n) is 4.30. The molecule has 0 fully saturated rings. The number of nitrogens with zero attached hydrogens (tertiary/aromatic N) is 1. The molecule has 3 nitrogen and oxygen atoms in total. The minimum absolute atomic E-state index is 0.0152. The number of hydrogen-bond acceptors (Lipinski definition) is 3. The van der Waals surface area contributed by atoms with Gasteiger partial charge in [-0.2, -0.15) is 0 Å². The van der Waals surface area contributed by atoms with Gasteiger partial charge >= 0.3 is 0 Å². The average Bonchev–Trinajstić information content (AvgIpc) is 2.42. The van der Waals surface area contributed by atoms with Crippen LogP contribution in [0.25, 0.3) is 0 Å². The fourth-order valence-corrected chi connectivity index (χ4v) is 2.42. The van der Waals surface area contributed by atoms with Gasteiger partial charge in [-0.05, 0) is 38.1 Å². The van der Waals surface area contributed by atoms with Gasteiger partial charge in [0.15, 0.2) is 0 Å². The number of carbonyl (C=O) groups is 1. The molecule has 0 aliphatic heterocycles. The Morgan fingerprint density at radius 3 is 2.63 bits per heavy atom. The third kappa shape index (κ3) is 4.10. The largest absolute Gasteiger partial charge is 0.324 e. The first-order valence-corrected chi connectivity index (χ1v) is 6.97. The molecular weight excluding hydrogens is 256 g/mol. The fourth-order valence-electron chi connectivity index (χ4n) is 1.56. The lowest BCUT2D eigenvalue weighted by Crippen LogP contribution is -2.22. The predicted molar refractivity (Wildman–Crippen MR) is 79.4 cm³/mol. The van der Waals surface area contributed by atoms with E-state index in [-0.39, 0.29) is 11.2 Å². The van der Waals surface area contributed by atoms with E-state index in [1.807, 2.05) is 44.2 Å². The molecule has 1 aromatic heterocycles. The number of nitrogens with one attached hydrogen (secondary N) is 1. The van der Waals surface area contributed by atoms with Crippen LogP contribution in [0, 0.1) is 6.92 Å². The number of carbonyl (C=O) groups excluding carboxylic acids is 1. The summed E-state index contributed by atoms with van der Waals surface area (Å²) in [4.78, 5) is 17.1. The van der Waals surface area contributed by atoms with E-state index in [0.29, 0.717) is 0 Å². The molecule has 2 aromatic rings. The first-order valence-electron chi connectivity index (χ1n) is 6.09. The topological polar surface area (TPSA) is 42.0 Å². The molecule has 2 rings (SSSR count). The van der Waals surface area contributed by atoms with Crippen LogP contribution in [0.3, 0.4) is 0 Å². The van der Waals surface area contributed by atoms with Gasteiger partial charge in [0.1, 0.15) is 0 Å². The summed E-state index contributed by atoms with van der Waals surface area (Å²) < 4.78 is 0. The average molecular weight is 272 g/mol. The third-order valence-electron chi connectivity index (χ3n) is 2.63. The Bertz CT molecular complexity index is 540. The summed E-state index contributed by atoms with van der Waals surface area (Å²) >= 11 is 1.55. The number of thioether (sulfide) groups is 1. The van der Waals surface area contributed by atoms with Gasteiger partial charge in [-0.15, -0.1) is 11.8 Å². The third-order valence-corrected chi connectivity index (χ3v) is 3.74. The molecule has 0 bridgehead atoms. The van der Waals surface area contributed by atoms with E-state index in [4.69, 9.17) is 0 Å². The maximum atomic E-state index is 12.0. The fraction of sp³-hybridized carbons (Fsp3) is 0.200. The SMILES string of the molecule is Cc1ccc(S[C@@H](C)C(=O)Nc2cccnc2)cc1. The van der Waals surface area contributed by atoms with Crippen molar-refractivity contribution >= 4 is 23.4 Å². The lowest BCUT2D eigenvalue weighted by atomic mass is 10.2. The molecule has 0 saturated carbocycles. The number of pyridine rings is 1. The van der Waals surface area contributed by atoms with Gasteiger partial charge in [0.2, 0.25) is 5.91 Å². The van der Waals surface area contributed by atoms with Crippen molar-refractivity contribution in [1.82, 2.24) is 4.98 Å². The van der Waals surface area contributed by atoms with Crippen LogP contribution in [0.1, 0.15) is 12.5 Å². The molecule has 19 heavy (non-hydrogen) atoms. The van der Waals surface area contributed by atoms with Crippen molar-refractivity contribution in [3.63, 3.8) is 0 Å². The van der Waals surface area contributed by atoms with E-state index in [0.717, 1.165) is 10.6 Å². The summed E-state index contributed by atoms with van der Waals surface area (Å²) in [6, 6.07) is 11.8. The molecule has 0 spiro atoms. The van der Waals surface area contributed by atoms with Crippen LogP contribution in [0.2, 0.25) is 0 Å². The number of benzene rings is 1. The van der Waals surface area contributed by atoms with Crippen LogP contribution in [-0.4, -0.2) is 16.1 Å². The maximum Gasteiger partial charge on any atom is 0.237 e. The molecule has 4 heteroatoms. The summed E-state index contributed by atoms with van der Waals surface area (Å²) in [5.41, 5.74) is 1.95. The van der Waals surface area contributed by atoms with Crippen molar-refractivity contribution in [3.05, 3.63) is 54.4 Å². The van der Waals surface area contributed by atoms with Gasteiger partial charge in [0.05, 0.1) is 17.1 Å². The number of aryl methyl sites for hydroxylation is 1. The zero-order valence-electron chi connectivity index (χ0n) is 11.0. The quantitative estimate of drug-likeness (QED) is 0.866. The molecular formula is C15H16N2OS. The number of rotatable bonds is 4. The van der Waals surface area contributed by atoms with E-state index >= 15 is 0 Å². The highest BCUT2D eigenvalue weighted by atomic mass is 32.2. The highest BCUT2D eigenvalue weighted by molar-refractivity contribution is 8.00. The molecule has 0 saturated heterocycles. The van der Waals surface area contributed by atoms with Crippen LogP contribution in [0.15, 0.2) is 53.7 Å². The summed E-state index contributed by atoms with van der Waals surface area (Å²) in [5, 5.41) is 2.70. The Morgan fingerprint density at radius 2 is 2.00 bits per heavy atom. The number of amides is 1. The Hall–Kier alpha value is -1.81. The number of anilines is 1. The first-order chi connectivity index (χ1) is 9.15. The van der Waals surface area contributed by atoms with Crippen LogP contribution < -0.4 is 5.32 Å². The van der Waals surface area contributed by atoms with Crippen LogP contribution in [0.4, 0.5) is 5.69 Å². The molecule has 0 aliphatic rings. The first kappa shape index (κ1) is 13.6. The van der Waals surface area contributed by atoms with Gasteiger partial charge in [-0.1, -0.05) is 17.7 Å². The normalized spacial score (nSPS) is 11.9. The highest BCUT2D eigenvalue weighted by Crippen LogP contribution is 2.24. The number of hydrogen-bond donors (Lipinski definition) is 1. The zero-order chi connectivity index (χ0) is 13.7. The molecule has 98 valence electrons. The van der Waals surface area contributed by atoms with Gasteiger partial charge in [-0.3, -0.25) is 9.78 Å². The second-order valence-corrected chi connectivity index (χ2v) is 5.72. The Morgan fingerprint density at radius 1 is 1.26 bits per heavy atom. The maximum absolute atomic E-state index is 12.0. The molecule has 0 radical (unpaired) electrons.